The van der Waals surface area contributed by atoms with Crippen LogP contribution in [-0.2, 0) is 0 Å². The fourth-order valence-electron chi connectivity index (χ4n) is 1.68. The number of hydrogen-bond donors (Lipinski definition) is 0. The lowest BCUT2D eigenvalue weighted by molar-refractivity contribution is -0.384. The highest BCUT2D eigenvalue weighted by atomic mass is 16.6. The minimum Gasteiger partial charge on any atom is -0.335 e. The van der Waals surface area contributed by atoms with Crippen molar-refractivity contribution in [1.82, 2.24) is 4.90 Å². The molecule has 0 saturated carbocycles. The third-order valence-corrected chi connectivity index (χ3v) is 2.65. The SMILES string of the molecule is CC(C)N(CCC#N)C(=O)c1cccc([N+](=O)[O-])c1. The Bertz CT molecular complexity index is 520. The highest BCUT2D eigenvalue weighted by molar-refractivity contribution is 5.95. The molecule has 0 aliphatic rings. The summed E-state index contributed by atoms with van der Waals surface area (Å²) in [6.45, 7) is 3.99. The van der Waals surface area contributed by atoms with Gasteiger partial charge in [0.15, 0.2) is 0 Å². The predicted octanol–water partition coefficient (Wildman–Crippen LogP) is 2.36. The van der Waals surface area contributed by atoms with E-state index in [-0.39, 0.29) is 29.6 Å². The number of amides is 1. The van der Waals surface area contributed by atoms with Crippen LogP contribution >= 0.6 is 0 Å². The summed E-state index contributed by atoms with van der Waals surface area (Å²) in [5.41, 5.74) is 0.149. The number of nitrogens with zero attached hydrogens (tertiary/aromatic N) is 3. The van der Waals surface area contributed by atoms with Gasteiger partial charge in [-0.1, -0.05) is 6.07 Å². The van der Waals surface area contributed by atoms with E-state index in [9.17, 15) is 14.9 Å². The summed E-state index contributed by atoms with van der Waals surface area (Å²) in [6, 6.07) is 7.53. The summed E-state index contributed by atoms with van der Waals surface area (Å²) in [5, 5.41) is 19.3. The maximum absolute atomic E-state index is 12.3. The molecule has 1 aromatic carbocycles. The zero-order chi connectivity index (χ0) is 14.4. The van der Waals surface area contributed by atoms with E-state index in [1.165, 1.54) is 29.2 Å². The second kappa shape index (κ2) is 6.50. The molecule has 1 rings (SSSR count). The lowest BCUT2D eigenvalue weighted by Crippen LogP contribution is -2.37. The molecule has 0 radical (unpaired) electrons. The van der Waals surface area contributed by atoms with Crippen LogP contribution in [0.15, 0.2) is 24.3 Å². The van der Waals surface area contributed by atoms with Gasteiger partial charge >= 0.3 is 0 Å². The molecule has 0 aromatic heterocycles. The maximum atomic E-state index is 12.3. The van der Waals surface area contributed by atoms with Crippen LogP contribution in [0.1, 0.15) is 30.6 Å². The largest absolute Gasteiger partial charge is 0.335 e. The third-order valence-electron chi connectivity index (χ3n) is 2.65. The Labute approximate surface area is 111 Å². The Balaban J connectivity index is 2.99. The van der Waals surface area contributed by atoms with Gasteiger partial charge in [0.25, 0.3) is 11.6 Å². The molecule has 0 aliphatic heterocycles. The fraction of sp³-hybridized carbons (Fsp3) is 0.385. The lowest BCUT2D eigenvalue weighted by Gasteiger charge is -2.25. The number of carbonyl (C=O) groups is 1. The van der Waals surface area contributed by atoms with E-state index >= 15 is 0 Å². The Morgan fingerprint density at radius 1 is 1.53 bits per heavy atom. The topological polar surface area (TPSA) is 87.2 Å². The van der Waals surface area contributed by atoms with Gasteiger partial charge in [-0.2, -0.15) is 5.26 Å². The zero-order valence-electron chi connectivity index (χ0n) is 10.9. The molecule has 0 unspecified atom stereocenters. The number of benzene rings is 1. The van der Waals surface area contributed by atoms with Crippen molar-refractivity contribution >= 4 is 11.6 Å². The number of nitro benzene ring substituents is 1. The Kier molecular flexibility index (Phi) is 5.01. The van der Waals surface area contributed by atoms with Gasteiger partial charge in [-0.05, 0) is 19.9 Å². The van der Waals surface area contributed by atoms with E-state index < -0.39 is 4.92 Å². The van der Waals surface area contributed by atoms with Gasteiger partial charge in [0.2, 0.25) is 0 Å². The standard InChI is InChI=1S/C13H15N3O3/c1-10(2)15(8-4-7-14)13(17)11-5-3-6-12(9-11)16(18)19/h3,5-6,9-10H,4,8H2,1-2H3. The van der Waals surface area contributed by atoms with Crippen molar-refractivity contribution in [3.63, 3.8) is 0 Å². The van der Waals surface area contributed by atoms with E-state index in [4.69, 9.17) is 5.26 Å². The number of non-ortho nitro benzene ring substituents is 1. The molecular formula is C13H15N3O3. The second-order valence-corrected chi connectivity index (χ2v) is 4.31. The van der Waals surface area contributed by atoms with E-state index in [1.807, 2.05) is 19.9 Å². The molecule has 0 bridgehead atoms. The van der Waals surface area contributed by atoms with Crippen molar-refractivity contribution in [1.29, 1.82) is 5.26 Å². The zero-order valence-corrected chi connectivity index (χ0v) is 10.9. The van der Waals surface area contributed by atoms with Crippen LogP contribution in [-0.4, -0.2) is 28.3 Å². The first-order valence-electron chi connectivity index (χ1n) is 5.89. The van der Waals surface area contributed by atoms with Gasteiger partial charge in [0.05, 0.1) is 17.4 Å². The molecule has 19 heavy (non-hydrogen) atoms. The third kappa shape index (κ3) is 3.78. The number of carbonyl (C=O) groups excluding carboxylic acids is 1. The molecule has 0 heterocycles. The van der Waals surface area contributed by atoms with Crippen LogP contribution in [0.2, 0.25) is 0 Å². The van der Waals surface area contributed by atoms with Crippen molar-refractivity contribution in [3.8, 4) is 6.07 Å². The highest BCUT2D eigenvalue weighted by Crippen LogP contribution is 2.16. The summed E-state index contributed by atoms with van der Waals surface area (Å²) in [4.78, 5) is 23.9. The molecule has 6 nitrogen and oxygen atoms in total. The number of nitriles is 1. The Hall–Kier alpha value is -2.42. The number of rotatable bonds is 5. The molecule has 0 spiro atoms. The fourth-order valence-corrected chi connectivity index (χ4v) is 1.68. The molecule has 0 saturated heterocycles. The van der Waals surface area contributed by atoms with E-state index in [1.54, 1.807) is 0 Å². The quantitative estimate of drug-likeness (QED) is 0.601. The van der Waals surface area contributed by atoms with Crippen molar-refractivity contribution in [2.45, 2.75) is 26.3 Å². The summed E-state index contributed by atoms with van der Waals surface area (Å²) in [7, 11) is 0. The molecule has 0 atom stereocenters. The van der Waals surface area contributed by atoms with E-state index in [0.29, 0.717) is 6.54 Å². The van der Waals surface area contributed by atoms with Gasteiger partial charge in [-0.15, -0.1) is 0 Å². The maximum Gasteiger partial charge on any atom is 0.270 e. The monoisotopic (exact) mass is 261 g/mol. The van der Waals surface area contributed by atoms with Crippen LogP contribution in [0.5, 0.6) is 0 Å². The van der Waals surface area contributed by atoms with Crippen LogP contribution in [0, 0.1) is 21.4 Å². The smallest absolute Gasteiger partial charge is 0.270 e. The van der Waals surface area contributed by atoms with Gasteiger partial charge in [0, 0.05) is 30.3 Å². The van der Waals surface area contributed by atoms with Crippen LogP contribution < -0.4 is 0 Å². The van der Waals surface area contributed by atoms with Crippen LogP contribution in [0.25, 0.3) is 0 Å². The van der Waals surface area contributed by atoms with Gasteiger partial charge in [0.1, 0.15) is 0 Å². The Morgan fingerprint density at radius 3 is 2.74 bits per heavy atom. The molecule has 0 aliphatic carbocycles. The van der Waals surface area contributed by atoms with E-state index in [2.05, 4.69) is 0 Å². The van der Waals surface area contributed by atoms with Crippen molar-refractivity contribution in [3.05, 3.63) is 39.9 Å². The minimum absolute atomic E-state index is 0.0693. The average Bonchev–Trinajstić information content (AvgIpc) is 2.38. The van der Waals surface area contributed by atoms with Crippen LogP contribution in [0.3, 0.4) is 0 Å². The summed E-state index contributed by atoms with van der Waals surface area (Å²) >= 11 is 0. The van der Waals surface area contributed by atoms with E-state index in [0.717, 1.165) is 0 Å². The van der Waals surface area contributed by atoms with Crippen molar-refractivity contribution < 1.29 is 9.72 Å². The minimum atomic E-state index is -0.536. The molecule has 6 heteroatoms. The van der Waals surface area contributed by atoms with Crippen molar-refractivity contribution in [2.75, 3.05) is 6.54 Å². The summed E-state index contributed by atoms with van der Waals surface area (Å²) < 4.78 is 0. The van der Waals surface area contributed by atoms with Gasteiger partial charge in [-0.3, -0.25) is 14.9 Å². The first-order valence-corrected chi connectivity index (χ1v) is 5.89. The first-order chi connectivity index (χ1) is 8.97. The first kappa shape index (κ1) is 14.6. The molecule has 1 amide bonds. The van der Waals surface area contributed by atoms with Crippen molar-refractivity contribution in [2.24, 2.45) is 0 Å². The summed E-state index contributed by atoms with van der Waals surface area (Å²) in [5.74, 6) is -0.297. The molecular weight excluding hydrogens is 246 g/mol. The van der Waals surface area contributed by atoms with Gasteiger partial charge < -0.3 is 4.90 Å². The highest BCUT2D eigenvalue weighted by Gasteiger charge is 2.20. The summed E-state index contributed by atoms with van der Waals surface area (Å²) in [6.07, 6.45) is 0.235. The number of nitro groups is 1. The lowest BCUT2D eigenvalue weighted by atomic mass is 10.1. The van der Waals surface area contributed by atoms with Crippen LogP contribution in [0.4, 0.5) is 5.69 Å². The predicted molar refractivity (Wildman–Crippen MR) is 69.5 cm³/mol. The normalized spacial score (nSPS) is 10.0. The Morgan fingerprint density at radius 2 is 2.21 bits per heavy atom. The second-order valence-electron chi connectivity index (χ2n) is 4.31. The average molecular weight is 261 g/mol. The molecule has 1 aromatic rings. The van der Waals surface area contributed by atoms with Gasteiger partial charge in [-0.25, -0.2) is 0 Å². The molecule has 0 N–H and O–H groups in total. The molecule has 100 valence electrons. The molecule has 0 fully saturated rings. The number of hydrogen-bond acceptors (Lipinski definition) is 4.